The van der Waals surface area contributed by atoms with Gasteiger partial charge in [-0.05, 0) is 31.2 Å². The zero-order valence-electron chi connectivity index (χ0n) is 11.0. The third kappa shape index (κ3) is 3.11. The van der Waals surface area contributed by atoms with E-state index in [0.29, 0.717) is 4.34 Å². The topological polar surface area (TPSA) is 41.1 Å². The Balaban J connectivity index is 2.18. The largest absolute Gasteiger partial charge is 0.385 e. The minimum Gasteiger partial charge on any atom is -0.385 e. The van der Waals surface area contributed by atoms with Crippen LogP contribution in [-0.2, 0) is 0 Å². The maximum Gasteiger partial charge on any atom is 0.253 e. The molecule has 1 amide bonds. The minimum atomic E-state index is -0.452. The van der Waals surface area contributed by atoms with Gasteiger partial charge < -0.3 is 10.6 Å². The molecule has 20 heavy (non-hydrogen) atoms. The van der Waals surface area contributed by atoms with Gasteiger partial charge in [0, 0.05) is 11.9 Å². The summed E-state index contributed by atoms with van der Waals surface area (Å²) in [5.74, 6) is -0.780. The molecule has 0 aliphatic rings. The lowest BCUT2D eigenvalue weighted by molar-refractivity contribution is 0.0941. The number of halogens is 2. The van der Waals surface area contributed by atoms with Crippen molar-refractivity contribution >= 4 is 34.5 Å². The fourth-order valence-electron chi connectivity index (χ4n) is 1.87. The summed E-state index contributed by atoms with van der Waals surface area (Å²) in [5.41, 5.74) is 0.475. The Morgan fingerprint density at radius 2 is 2.10 bits per heavy atom. The first-order valence-corrected chi connectivity index (χ1v) is 7.24. The van der Waals surface area contributed by atoms with Gasteiger partial charge in [0.25, 0.3) is 5.91 Å². The Bertz CT molecular complexity index is 629. The predicted octanol–water partition coefficient (Wildman–Crippen LogP) is 4.07. The summed E-state index contributed by atoms with van der Waals surface area (Å²) in [7, 11) is 1.58. The predicted molar refractivity (Wildman–Crippen MR) is 81.2 cm³/mol. The number of thiophene rings is 1. The van der Waals surface area contributed by atoms with E-state index in [2.05, 4.69) is 10.6 Å². The van der Waals surface area contributed by atoms with Crippen LogP contribution in [0.5, 0.6) is 0 Å². The van der Waals surface area contributed by atoms with Gasteiger partial charge in [0.05, 0.1) is 21.6 Å². The zero-order valence-corrected chi connectivity index (χ0v) is 12.6. The average molecular weight is 313 g/mol. The molecule has 0 spiro atoms. The highest BCUT2D eigenvalue weighted by Crippen LogP contribution is 2.27. The second-order valence-electron chi connectivity index (χ2n) is 4.25. The number of amides is 1. The van der Waals surface area contributed by atoms with E-state index in [9.17, 15) is 9.18 Å². The van der Waals surface area contributed by atoms with E-state index in [0.717, 1.165) is 4.88 Å². The van der Waals surface area contributed by atoms with E-state index in [4.69, 9.17) is 11.6 Å². The summed E-state index contributed by atoms with van der Waals surface area (Å²) in [6, 6.07) is 7.86. The van der Waals surface area contributed by atoms with Gasteiger partial charge in [-0.25, -0.2) is 4.39 Å². The Kier molecular flexibility index (Phi) is 4.62. The van der Waals surface area contributed by atoms with Crippen LogP contribution in [0.1, 0.15) is 28.2 Å². The van der Waals surface area contributed by atoms with Gasteiger partial charge in [0.1, 0.15) is 5.82 Å². The van der Waals surface area contributed by atoms with Crippen LogP contribution in [0.2, 0.25) is 4.34 Å². The van der Waals surface area contributed by atoms with E-state index in [1.807, 2.05) is 13.0 Å². The maximum absolute atomic E-state index is 13.6. The van der Waals surface area contributed by atoms with Crippen LogP contribution >= 0.6 is 22.9 Å². The fourth-order valence-corrected chi connectivity index (χ4v) is 2.94. The summed E-state index contributed by atoms with van der Waals surface area (Å²) in [4.78, 5) is 13.2. The van der Waals surface area contributed by atoms with Crippen molar-refractivity contribution in [2.45, 2.75) is 13.0 Å². The van der Waals surface area contributed by atoms with Gasteiger partial charge in [0.15, 0.2) is 0 Å². The van der Waals surface area contributed by atoms with Crippen LogP contribution in [0.15, 0.2) is 30.3 Å². The van der Waals surface area contributed by atoms with Crippen molar-refractivity contribution in [2.24, 2.45) is 0 Å². The quantitative estimate of drug-likeness (QED) is 0.893. The van der Waals surface area contributed by atoms with Crippen LogP contribution in [0, 0.1) is 5.82 Å². The molecule has 6 heteroatoms. The third-order valence-corrected chi connectivity index (χ3v) is 4.29. The van der Waals surface area contributed by atoms with E-state index in [1.165, 1.54) is 23.5 Å². The number of hydrogen-bond acceptors (Lipinski definition) is 3. The highest BCUT2D eigenvalue weighted by atomic mass is 35.5. The number of carbonyl (C=O) groups is 1. The molecule has 1 heterocycles. The van der Waals surface area contributed by atoms with Crippen molar-refractivity contribution in [3.63, 3.8) is 0 Å². The number of rotatable bonds is 4. The molecule has 0 aliphatic heterocycles. The number of anilines is 1. The number of hydrogen-bond donors (Lipinski definition) is 2. The van der Waals surface area contributed by atoms with E-state index in [-0.39, 0.29) is 23.2 Å². The molecule has 0 radical (unpaired) electrons. The molecule has 2 rings (SSSR count). The molecule has 2 N–H and O–H groups in total. The summed E-state index contributed by atoms with van der Waals surface area (Å²) in [6.45, 7) is 1.86. The lowest BCUT2D eigenvalue weighted by Crippen LogP contribution is -2.27. The standard InChI is InChI=1S/C14H14ClFN2OS/c1-8(11-6-7-12(15)20-11)18-14(19)9-4-3-5-10(16)13(9)17-2/h3-8,17H,1-2H3,(H,18,19). The highest BCUT2D eigenvalue weighted by Gasteiger charge is 2.17. The van der Waals surface area contributed by atoms with Crippen molar-refractivity contribution in [2.75, 3.05) is 12.4 Å². The molecule has 0 bridgehead atoms. The molecule has 1 aromatic heterocycles. The first-order chi connectivity index (χ1) is 9.52. The van der Waals surface area contributed by atoms with Gasteiger partial charge in [-0.1, -0.05) is 17.7 Å². The van der Waals surface area contributed by atoms with Crippen LogP contribution in [0.4, 0.5) is 10.1 Å². The van der Waals surface area contributed by atoms with Gasteiger partial charge in [0.2, 0.25) is 0 Å². The van der Waals surface area contributed by atoms with Gasteiger partial charge in [-0.15, -0.1) is 11.3 Å². The summed E-state index contributed by atoms with van der Waals surface area (Å²) < 4.78 is 14.3. The van der Waals surface area contributed by atoms with Crippen LogP contribution in [0.25, 0.3) is 0 Å². The second-order valence-corrected chi connectivity index (χ2v) is 6.00. The number of benzene rings is 1. The number of carbonyl (C=O) groups excluding carboxylic acids is 1. The maximum atomic E-state index is 13.6. The van der Waals surface area contributed by atoms with Gasteiger partial charge in [-0.2, -0.15) is 0 Å². The van der Waals surface area contributed by atoms with Crippen molar-refractivity contribution in [3.05, 3.63) is 50.9 Å². The average Bonchev–Trinajstić information content (AvgIpc) is 2.85. The van der Waals surface area contributed by atoms with Gasteiger partial charge in [-0.3, -0.25) is 4.79 Å². The Labute approximate surface area is 125 Å². The highest BCUT2D eigenvalue weighted by molar-refractivity contribution is 7.16. The lowest BCUT2D eigenvalue weighted by atomic mass is 10.1. The number of para-hydroxylation sites is 1. The Morgan fingerprint density at radius 1 is 1.35 bits per heavy atom. The second kappa shape index (κ2) is 6.24. The third-order valence-electron chi connectivity index (χ3n) is 2.88. The zero-order chi connectivity index (χ0) is 14.7. The summed E-state index contributed by atoms with van der Waals surface area (Å²) >= 11 is 7.28. The molecule has 0 fully saturated rings. The Morgan fingerprint density at radius 3 is 2.70 bits per heavy atom. The molecule has 106 valence electrons. The van der Waals surface area contributed by atoms with Crippen LogP contribution in [-0.4, -0.2) is 13.0 Å². The van der Waals surface area contributed by atoms with E-state index in [1.54, 1.807) is 19.2 Å². The van der Waals surface area contributed by atoms with Crippen molar-refractivity contribution in [1.29, 1.82) is 0 Å². The van der Waals surface area contributed by atoms with E-state index < -0.39 is 5.82 Å². The molecule has 3 nitrogen and oxygen atoms in total. The van der Waals surface area contributed by atoms with Crippen molar-refractivity contribution in [3.8, 4) is 0 Å². The smallest absolute Gasteiger partial charge is 0.253 e. The van der Waals surface area contributed by atoms with Crippen molar-refractivity contribution < 1.29 is 9.18 Å². The van der Waals surface area contributed by atoms with E-state index >= 15 is 0 Å². The lowest BCUT2D eigenvalue weighted by Gasteiger charge is -2.14. The van der Waals surface area contributed by atoms with Crippen LogP contribution in [0.3, 0.4) is 0 Å². The van der Waals surface area contributed by atoms with Crippen LogP contribution < -0.4 is 10.6 Å². The molecule has 2 aromatic rings. The SMILES string of the molecule is CNc1c(F)cccc1C(=O)NC(C)c1ccc(Cl)s1. The number of nitrogens with one attached hydrogen (secondary N) is 2. The normalized spacial score (nSPS) is 12.0. The molecular weight excluding hydrogens is 299 g/mol. The molecular formula is C14H14ClFN2OS. The molecule has 1 aromatic carbocycles. The minimum absolute atomic E-state index is 0.187. The van der Waals surface area contributed by atoms with Gasteiger partial charge >= 0.3 is 0 Å². The van der Waals surface area contributed by atoms with Crippen molar-refractivity contribution in [1.82, 2.24) is 5.32 Å². The fraction of sp³-hybridized carbons (Fsp3) is 0.214. The molecule has 0 aliphatic carbocycles. The molecule has 1 unspecified atom stereocenters. The first-order valence-electron chi connectivity index (χ1n) is 6.05. The molecule has 1 atom stereocenters. The summed E-state index contributed by atoms with van der Waals surface area (Å²) in [5, 5.41) is 5.54. The first kappa shape index (κ1) is 14.8. The molecule has 0 saturated heterocycles. The molecule has 0 saturated carbocycles. The summed E-state index contributed by atoms with van der Waals surface area (Å²) in [6.07, 6.45) is 0. The monoisotopic (exact) mass is 312 g/mol. The Hall–Kier alpha value is -1.59.